The average Bonchev–Trinajstić information content (AvgIpc) is 2.01. The van der Waals surface area contributed by atoms with Gasteiger partial charge in [0.15, 0.2) is 0 Å². The number of urea groups is 1. The number of nitrogens with two attached hydrogens (primary N) is 1. The van der Waals surface area contributed by atoms with Gasteiger partial charge in [-0.2, -0.15) is 0 Å². The van der Waals surface area contributed by atoms with E-state index in [1.807, 2.05) is 24.3 Å². The second kappa shape index (κ2) is 4.65. The predicted octanol–water partition coefficient (Wildman–Crippen LogP) is 2.62. The fraction of sp³-hybridized carbons (Fsp3) is 0.364. The number of hydrogen-bond donors (Lipinski definition) is 2. The molecular formula is C11H18N2O. The predicted molar refractivity (Wildman–Crippen MR) is 60.3 cm³/mol. The molecule has 2 amide bonds. The molecule has 0 saturated carbocycles. The summed E-state index contributed by atoms with van der Waals surface area (Å²) >= 11 is 0. The van der Waals surface area contributed by atoms with E-state index in [1.165, 1.54) is 5.56 Å². The van der Waals surface area contributed by atoms with Crippen LogP contribution in [0, 0.1) is 5.92 Å². The third-order valence-corrected chi connectivity index (χ3v) is 1.84. The fourth-order valence-corrected chi connectivity index (χ4v) is 1.39. The number of nitrogens with one attached hydrogen (secondary N) is 1. The third kappa shape index (κ3) is 3.47. The summed E-state index contributed by atoms with van der Waals surface area (Å²) in [5.41, 5.74) is 7.00. The van der Waals surface area contributed by atoms with Crippen LogP contribution in [0.5, 0.6) is 0 Å². The number of anilines is 1. The molecule has 0 fully saturated rings. The summed E-state index contributed by atoms with van der Waals surface area (Å²) in [6.45, 7) is 4.32. The number of carbonyl (C=O) groups excluding carboxylic acids is 1. The fourth-order valence-electron chi connectivity index (χ4n) is 1.39. The summed E-state index contributed by atoms with van der Waals surface area (Å²) in [5, 5.41) is 2.56. The zero-order valence-corrected chi connectivity index (χ0v) is 8.58. The van der Waals surface area contributed by atoms with Crippen molar-refractivity contribution in [3.05, 3.63) is 29.8 Å². The average molecular weight is 194 g/mol. The van der Waals surface area contributed by atoms with Gasteiger partial charge in [0, 0.05) is 7.11 Å². The van der Waals surface area contributed by atoms with E-state index in [2.05, 4.69) is 19.2 Å². The van der Waals surface area contributed by atoms with E-state index < -0.39 is 6.03 Å². The molecular weight excluding hydrogens is 176 g/mol. The highest BCUT2D eigenvalue weighted by molar-refractivity contribution is 5.87. The molecule has 1 aromatic carbocycles. The van der Waals surface area contributed by atoms with Crippen LogP contribution in [0.3, 0.4) is 0 Å². The van der Waals surface area contributed by atoms with Gasteiger partial charge in [-0.3, -0.25) is 0 Å². The standard InChI is InChI=1S/C11H16N2O.H2/c1-8(2)6-9-4-3-5-10(7-9)13-11(12)14;/h3-5,7-8H,6H2,1-2H3,(H3,12,13,14);1H. The van der Waals surface area contributed by atoms with Crippen molar-refractivity contribution in [2.24, 2.45) is 11.7 Å². The summed E-state index contributed by atoms with van der Waals surface area (Å²) in [7, 11) is 0. The molecule has 0 spiro atoms. The second-order valence-electron chi connectivity index (χ2n) is 3.79. The zero-order chi connectivity index (χ0) is 10.6. The summed E-state index contributed by atoms with van der Waals surface area (Å²) < 4.78 is 0. The van der Waals surface area contributed by atoms with Crippen molar-refractivity contribution in [2.45, 2.75) is 20.3 Å². The van der Waals surface area contributed by atoms with E-state index >= 15 is 0 Å². The lowest BCUT2D eigenvalue weighted by atomic mass is 10.0. The van der Waals surface area contributed by atoms with Crippen LogP contribution in [-0.4, -0.2) is 6.03 Å². The van der Waals surface area contributed by atoms with E-state index in [0.717, 1.165) is 12.1 Å². The number of carbonyl (C=O) groups is 1. The molecule has 3 N–H and O–H groups in total. The molecule has 78 valence electrons. The van der Waals surface area contributed by atoms with Gasteiger partial charge >= 0.3 is 6.03 Å². The van der Waals surface area contributed by atoms with Crippen LogP contribution < -0.4 is 11.1 Å². The highest BCUT2D eigenvalue weighted by atomic mass is 16.2. The Morgan fingerprint density at radius 1 is 1.57 bits per heavy atom. The minimum atomic E-state index is -0.522. The van der Waals surface area contributed by atoms with Crippen LogP contribution in [0.4, 0.5) is 10.5 Å². The number of benzene rings is 1. The van der Waals surface area contributed by atoms with Crippen LogP contribution in [0.1, 0.15) is 20.8 Å². The normalized spacial score (nSPS) is 10.2. The molecule has 1 rings (SSSR count). The van der Waals surface area contributed by atoms with Crippen LogP contribution in [0.2, 0.25) is 0 Å². The second-order valence-corrected chi connectivity index (χ2v) is 3.79. The molecule has 0 bridgehead atoms. The maximum atomic E-state index is 10.6. The smallest absolute Gasteiger partial charge is 0.316 e. The molecule has 0 atom stereocenters. The van der Waals surface area contributed by atoms with Gasteiger partial charge in [0.1, 0.15) is 0 Å². The molecule has 0 aliphatic rings. The number of amides is 2. The topological polar surface area (TPSA) is 55.1 Å². The zero-order valence-electron chi connectivity index (χ0n) is 8.58. The number of primary amides is 1. The molecule has 3 heteroatoms. The van der Waals surface area contributed by atoms with Crippen molar-refractivity contribution in [1.29, 1.82) is 0 Å². The van der Waals surface area contributed by atoms with Crippen molar-refractivity contribution >= 4 is 11.7 Å². The Labute approximate surface area is 85.8 Å². The maximum Gasteiger partial charge on any atom is 0.316 e. The molecule has 0 aliphatic carbocycles. The summed E-state index contributed by atoms with van der Waals surface area (Å²) in [6.07, 6.45) is 1.01. The van der Waals surface area contributed by atoms with Gasteiger partial charge in [0.2, 0.25) is 0 Å². The van der Waals surface area contributed by atoms with Gasteiger partial charge in [0.05, 0.1) is 0 Å². The Bertz CT molecular complexity index is 326. The summed E-state index contributed by atoms with van der Waals surface area (Å²) in [4.78, 5) is 10.6. The molecule has 0 radical (unpaired) electrons. The monoisotopic (exact) mass is 194 g/mol. The van der Waals surface area contributed by atoms with Gasteiger partial charge in [-0.1, -0.05) is 26.0 Å². The number of rotatable bonds is 3. The molecule has 1 aromatic rings. The van der Waals surface area contributed by atoms with Crippen molar-refractivity contribution in [1.82, 2.24) is 0 Å². The van der Waals surface area contributed by atoms with E-state index in [9.17, 15) is 4.79 Å². The minimum absolute atomic E-state index is 0. The Balaban J connectivity index is 0.00000196. The first kappa shape index (κ1) is 10.6. The van der Waals surface area contributed by atoms with Gasteiger partial charge in [-0.05, 0) is 30.0 Å². The van der Waals surface area contributed by atoms with Crippen molar-refractivity contribution in [2.75, 3.05) is 5.32 Å². The van der Waals surface area contributed by atoms with Crippen LogP contribution in [-0.2, 0) is 6.42 Å². The van der Waals surface area contributed by atoms with E-state index in [-0.39, 0.29) is 1.43 Å². The van der Waals surface area contributed by atoms with Gasteiger partial charge < -0.3 is 11.1 Å². The lowest BCUT2D eigenvalue weighted by Gasteiger charge is -2.07. The Kier molecular flexibility index (Phi) is 3.51. The Morgan fingerprint density at radius 3 is 2.86 bits per heavy atom. The van der Waals surface area contributed by atoms with Crippen LogP contribution in [0.15, 0.2) is 24.3 Å². The highest BCUT2D eigenvalue weighted by Gasteiger charge is 2.00. The third-order valence-electron chi connectivity index (χ3n) is 1.84. The molecule has 0 heterocycles. The van der Waals surface area contributed by atoms with Crippen molar-refractivity contribution in [3.63, 3.8) is 0 Å². The van der Waals surface area contributed by atoms with E-state index in [0.29, 0.717) is 5.92 Å². The largest absolute Gasteiger partial charge is 0.351 e. The SMILES string of the molecule is CC(C)Cc1cccc(NC(N)=O)c1.[HH]. The van der Waals surface area contributed by atoms with Crippen molar-refractivity contribution in [3.8, 4) is 0 Å². The maximum absolute atomic E-state index is 10.6. The molecule has 0 aliphatic heterocycles. The first-order valence-corrected chi connectivity index (χ1v) is 4.73. The van der Waals surface area contributed by atoms with Crippen molar-refractivity contribution < 1.29 is 6.22 Å². The van der Waals surface area contributed by atoms with Crippen LogP contribution in [0.25, 0.3) is 0 Å². The first-order chi connectivity index (χ1) is 6.58. The Morgan fingerprint density at radius 2 is 2.29 bits per heavy atom. The summed E-state index contributed by atoms with van der Waals surface area (Å²) in [6, 6.07) is 7.22. The minimum Gasteiger partial charge on any atom is -0.351 e. The van der Waals surface area contributed by atoms with E-state index in [1.54, 1.807) is 0 Å². The highest BCUT2D eigenvalue weighted by Crippen LogP contribution is 2.13. The van der Waals surface area contributed by atoms with Gasteiger partial charge in [-0.15, -0.1) is 0 Å². The lowest BCUT2D eigenvalue weighted by molar-refractivity contribution is 0.259. The van der Waals surface area contributed by atoms with Gasteiger partial charge in [0.25, 0.3) is 0 Å². The molecule has 0 saturated heterocycles. The molecule has 14 heavy (non-hydrogen) atoms. The molecule has 0 aromatic heterocycles. The Hall–Kier alpha value is -1.51. The molecule has 3 nitrogen and oxygen atoms in total. The van der Waals surface area contributed by atoms with Gasteiger partial charge in [-0.25, -0.2) is 4.79 Å². The molecule has 0 unspecified atom stereocenters. The first-order valence-electron chi connectivity index (χ1n) is 4.73. The van der Waals surface area contributed by atoms with Crippen LogP contribution >= 0.6 is 0 Å². The summed E-state index contributed by atoms with van der Waals surface area (Å²) in [5.74, 6) is 0.610. The quantitative estimate of drug-likeness (QED) is 0.763. The lowest BCUT2D eigenvalue weighted by Crippen LogP contribution is -2.19. The van der Waals surface area contributed by atoms with E-state index in [4.69, 9.17) is 5.73 Å². The number of hydrogen-bond acceptors (Lipinski definition) is 1.